The highest BCUT2D eigenvalue weighted by Crippen LogP contribution is 2.09. The first-order valence-electron chi connectivity index (χ1n) is 4.68. The summed E-state index contributed by atoms with van der Waals surface area (Å²) in [6.45, 7) is 1.28. The topological polar surface area (TPSA) is 78.1 Å². The van der Waals surface area contributed by atoms with Crippen LogP contribution in [0.2, 0.25) is 0 Å². The minimum atomic E-state index is -3.39. The van der Waals surface area contributed by atoms with E-state index in [0.29, 0.717) is 6.54 Å². The van der Waals surface area contributed by atoms with Gasteiger partial charge in [0.15, 0.2) is 5.03 Å². The predicted molar refractivity (Wildman–Crippen MR) is 56.9 cm³/mol. The molecule has 0 saturated heterocycles. The predicted octanol–water partition coefficient (Wildman–Crippen LogP) is -0.360. The van der Waals surface area contributed by atoms with Crippen LogP contribution in [0.15, 0.2) is 17.6 Å². The third-order valence-corrected chi connectivity index (χ3v) is 3.84. The molecule has 2 N–H and O–H groups in total. The quantitative estimate of drug-likeness (QED) is 0.657. The molecule has 0 atom stereocenters. The van der Waals surface area contributed by atoms with Crippen molar-refractivity contribution in [3.05, 3.63) is 12.5 Å². The molecule has 0 saturated carbocycles. The van der Waals surface area contributed by atoms with Crippen molar-refractivity contribution in [3.63, 3.8) is 0 Å². The van der Waals surface area contributed by atoms with Crippen molar-refractivity contribution in [2.24, 2.45) is 0 Å². The number of hydrogen-bond acceptors (Lipinski definition) is 4. The van der Waals surface area contributed by atoms with Gasteiger partial charge in [0, 0.05) is 13.6 Å². The normalized spacial score (nSPS) is 12.2. The Bertz CT molecular complexity index is 373. The zero-order valence-corrected chi connectivity index (χ0v) is 9.71. The van der Waals surface area contributed by atoms with Crippen LogP contribution in [-0.2, 0) is 10.0 Å². The van der Waals surface area contributed by atoms with Crippen LogP contribution in [0.25, 0.3) is 0 Å². The average Bonchev–Trinajstić information content (AvgIpc) is 2.71. The van der Waals surface area contributed by atoms with Gasteiger partial charge in [-0.15, -0.1) is 0 Å². The van der Waals surface area contributed by atoms with Gasteiger partial charge < -0.3 is 10.3 Å². The van der Waals surface area contributed by atoms with E-state index in [1.54, 1.807) is 7.05 Å². The molecule has 1 rings (SSSR count). The van der Waals surface area contributed by atoms with Gasteiger partial charge in [0.25, 0.3) is 10.0 Å². The second kappa shape index (κ2) is 5.24. The Kier molecular flexibility index (Phi) is 4.25. The van der Waals surface area contributed by atoms with Crippen LogP contribution in [0.1, 0.15) is 6.42 Å². The van der Waals surface area contributed by atoms with Gasteiger partial charge in [-0.3, -0.25) is 0 Å². The maximum Gasteiger partial charge on any atom is 0.259 e. The molecule has 0 radical (unpaired) electrons. The fraction of sp³-hybridized carbons (Fsp3) is 0.625. The van der Waals surface area contributed by atoms with E-state index in [9.17, 15) is 8.42 Å². The van der Waals surface area contributed by atoms with E-state index in [-0.39, 0.29) is 5.03 Å². The van der Waals surface area contributed by atoms with E-state index in [1.807, 2.05) is 7.05 Å². The molecule has 1 heterocycles. The summed E-state index contributed by atoms with van der Waals surface area (Å²) < 4.78 is 25.0. The number of H-pyrrole nitrogens is 1. The number of nitrogens with zero attached hydrogens (tertiary/aromatic N) is 2. The molecular weight excluding hydrogens is 216 g/mol. The van der Waals surface area contributed by atoms with Crippen molar-refractivity contribution in [2.75, 3.05) is 27.2 Å². The van der Waals surface area contributed by atoms with Crippen molar-refractivity contribution in [2.45, 2.75) is 11.4 Å². The van der Waals surface area contributed by atoms with Crippen molar-refractivity contribution >= 4 is 10.0 Å². The van der Waals surface area contributed by atoms with Gasteiger partial charge in [-0.05, 0) is 20.0 Å². The van der Waals surface area contributed by atoms with Crippen molar-refractivity contribution in [1.29, 1.82) is 0 Å². The summed E-state index contributed by atoms with van der Waals surface area (Å²) >= 11 is 0. The van der Waals surface area contributed by atoms with Gasteiger partial charge in [-0.1, -0.05) is 0 Å². The second-order valence-corrected chi connectivity index (χ2v) is 5.21. The molecule has 86 valence electrons. The lowest BCUT2D eigenvalue weighted by Crippen LogP contribution is -2.29. The summed E-state index contributed by atoms with van der Waals surface area (Å²) in [6.07, 6.45) is 3.44. The molecule has 6 nitrogen and oxygen atoms in total. The summed E-state index contributed by atoms with van der Waals surface area (Å²) in [4.78, 5) is 6.29. The number of imidazole rings is 1. The minimum Gasteiger partial charge on any atom is -0.335 e. The van der Waals surface area contributed by atoms with Gasteiger partial charge >= 0.3 is 0 Å². The van der Waals surface area contributed by atoms with E-state index in [1.165, 1.54) is 16.8 Å². The van der Waals surface area contributed by atoms with Crippen LogP contribution in [0.3, 0.4) is 0 Å². The zero-order chi connectivity index (χ0) is 11.3. The largest absolute Gasteiger partial charge is 0.335 e. The second-order valence-electron chi connectivity index (χ2n) is 3.20. The molecule has 0 spiro atoms. The maximum absolute atomic E-state index is 11.8. The van der Waals surface area contributed by atoms with E-state index >= 15 is 0 Å². The Labute approximate surface area is 89.8 Å². The molecule has 0 fully saturated rings. The standard InChI is InChI=1S/C8H16N4O2S/c1-9-4-3-5-12(2)15(13,14)8-6-10-7-11-8/h6-7,9H,3-5H2,1-2H3,(H,10,11). The van der Waals surface area contributed by atoms with E-state index < -0.39 is 10.0 Å². The molecule has 1 aromatic rings. The van der Waals surface area contributed by atoms with E-state index in [2.05, 4.69) is 15.3 Å². The molecular formula is C8H16N4O2S. The van der Waals surface area contributed by atoms with E-state index in [4.69, 9.17) is 0 Å². The monoisotopic (exact) mass is 232 g/mol. The molecule has 15 heavy (non-hydrogen) atoms. The average molecular weight is 232 g/mol. The third-order valence-electron chi connectivity index (χ3n) is 2.06. The highest BCUT2D eigenvalue weighted by Gasteiger charge is 2.21. The van der Waals surface area contributed by atoms with Crippen molar-refractivity contribution < 1.29 is 8.42 Å². The van der Waals surface area contributed by atoms with Crippen LogP contribution in [0, 0.1) is 0 Å². The van der Waals surface area contributed by atoms with Gasteiger partial charge in [0.1, 0.15) is 0 Å². The number of rotatable bonds is 6. The lowest BCUT2D eigenvalue weighted by molar-refractivity contribution is 0.456. The van der Waals surface area contributed by atoms with Crippen LogP contribution in [0.4, 0.5) is 0 Å². The highest BCUT2D eigenvalue weighted by molar-refractivity contribution is 7.89. The lowest BCUT2D eigenvalue weighted by Gasteiger charge is -2.15. The maximum atomic E-state index is 11.8. The minimum absolute atomic E-state index is 0.134. The van der Waals surface area contributed by atoms with Gasteiger partial charge in [0.2, 0.25) is 0 Å². The summed E-state index contributed by atoms with van der Waals surface area (Å²) in [7, 11) is 0.00943. The third kappa shape index (κ3) is 3.01. The fourth-order valence-corrected chi connectivity index (χ4v) is 2.25. The van der Waals surface area contributed by atoms with Crippen LogP contribution >= 0.6 is 0 Å². The lowest BCUT2D eigenvalue weighted by atomic mass is 10.4. The van der Waals surface area contributed by atoms with Crippen LogP contribution in [0.5, 0.6) is 0 Å². The molecule has 0 amide bonds. The van der Waals surface area contributed by atoms with Gasteiger partial charge in [0.05, 0.1) is 12.5 Å². The SMILES string of the molecule is CNCCCN(C)S(=O)(=O)c1cnc[nH]1. The number of aromatic nitrogens is 2. The van der Waals surface area contributed by atoms with Gasteiger partial charge in [-0.2, -0.15) is 4.31 Å². The zero-order valence-electron chi connectivity index (χ0n) is 8.90. The molecule has 0 bridgehead atoms. The van der Waals surface area contributed by atoms with Gasteiger partial charge in [-0.25, -0.2) is 13.4 Å². The molecule has 0 aliphatic heterocycles. The van der Waals surface area contributed by atoms with Crippen LogP contribution in [-0.4, -0.2) is 49.9 Å². The summed E-state index contributed by atoms with van der Waals surface area (Å²) in [6, 6.07) is 0. The number of nitrogens with one attached hydrogen (secondary N) is 2. The number of hydrogen-bond donors (Lipinski definition) is 2. The molecule has 7 heteroatoms. The Morgan fingerprint density at radius 3 is 2.87 bits per heavy atom. The smallest absolute Gasteiger partial charge is 0.259 e. The Balaban J connectivity index is 2.62. The molecule has 0 unspecified atom stereocenters. The summed E-state index contributed by atoms with van der Waals surface area (Å²) in [5.41, 5.74) is 0. The van der Waals surface area contributed by atoms with Crippen LogP contribution < -0.4 is 5.32 Å². The Morgan fingerprint density at radius 1 is 1.60 bits per heavy atom. The first-order chi connectivity index (χ1) is 7.09. The summed E-state index contributed by atoms with van der Waals surface area (Å²) in [5, 5.41) is 3.10. The van der Waals surface area contributed by atoms with Crippen molar-refractivity contribution in [1.82, 2.24) is 19.6 Å². The molecule has 0 aliphatic rings. The first kappa shape index (κ1) is 12.2. The summed E-state index contributed by atoms with van der Waals surface area (Å²) in [5.74, 6) is 0. The van der Waals surface area contributed by atoms with E-state index in [0.717, 1.165) is 13.0 Å². The molecule has 0 aromatic carbocycles. The van der Waals surface area contributed by atoms with Crippen molar-refractivity contribution in [3.8, 4) is 0 Å². The first-order valence-corrected chi connectivity index (χ1v) is 6.12. The highest BCUT2D eigenvalue weighted by atomic mass is 32.2. The number of aromatic amines is 1. The Morgan fingerprint density at radius 2 is 2.33 bits per heavy atom. The number of sulfonamides is 1. The Hall–Kier alpha value is -0.920. The molecule has 0 aliphatic carbocycles. The fourth-order valence-electron chi connectivity index (χ4n) is 1.15. The molecule has 1 aromatic heterocycles.